The molecule has 37 nitrogen and oxygen atoms in total. The first-order chi connectivity index (χ1) is 54.4. The highest BCUT2D eigenvalue weighted by molar-refractivity contribution is 7.87. The molecule has 4 heterocycles. The van der Waals surface area contributed by atoms with E-state index in [0.29, 0.717) is 73.6 Å². The van der Waals surface area contributed by atoms with Gasteiger partial charge in [-0.05, 0) is 134 Å². The van der Waals surface area contributed by atoms with Crippen LogP contribution in [0, 0.1) is 54.3 Å². The quantitative estimate of drug-likeness (QED) is 0.0109. The molecule has 0 aliphatic carbocycles. The second-order valence-corrected chi connectivity index (χ2v) is 27.0. The lowest BCUT2D eigenvalue weighted by atomic mass is 10.1. The van der Waals surface area contributed by atoms with E-state index in [-0.39, 0.29) is 114 Å². The number of esters is 2. The minimum absolute atomic E-state index is 0.0203. The molecule has 0 spiro atoms. The summed E-state index contributed by atoms with van der Waals surface area (Å²) in [5.41, 5.74) is -5.58. The number of allylic oxidation sites excluding steroid dienone is 4. The number of amides is 4. The molecule has 8 rings (SSSR count). The van der Waals surface area contributed by atoms with E-state index >= 15 is 0 Å². The molecule has 0 fully saturated rings. The van der Waals surface area contributed by atoms with Crippen molar-refractivity contribution in [1.29, 1.82) is 0 Å². The summed E-state index contributed by atoms with van der Waals surface area (Å²) in [4.78, 5) is 161. The predicted octanol–water partition coefficient (Wildman–Crippen LogP) is 11.5. The number of ether oxygens (including phenoxy) is 8. The van der Waals surface area contributed by atoms with E-state index in [9.17, 15) is 90.8 Å². The van der Waals surface area contributed by atoms with Crippen molar-refractivity contribution < 1.29 is 131 Å². The zero-order valence-corrected chi connectivity index (χ0v) is 64.7. The average molecular weight is 1640 g/mol. The van der Waals surface area contributed by atoms with Gasteiger partial charge in [0.1, 0.15) is 51.6 Å². The number of nitro groups is 4. The van der Waals surface area contributed by atoms with Crippen molar-refractivity contribution in [2.45, 2.75) is 142 Å². The van der Waals surface area contributed by atoms with Gasteiger partial charge in [-0.15, -0.1) is 0 Å². The lowest BCUT2D eigenvalue weighted by molar-refractivity contribution is -0.385. The van der Waals surface area contributed by atoms with Crippen LogP contribution in [0.15, 0.2) is 120 Å². The Morgan fingerprint density at radius 1 is 0.470 bits per heavy atom. The Kier molecular flexibility index (Phi) is 34.1. The maximum absolute atomic E-state index is 13.5. The molecule has 0 saturated heterocycles. The van der Waals surface area contributed by atoms with Gasteiger partial charge < -0.3 is 51.9 Å². The summed E-state index contributed by atoms with van der Waals surface area (Å²) in [5, 5.41) is 48.0. The number of unbranched alkanes of at least 4 members (excludes halogenated alkanes) is 4. The molecule has 4 aromatic rings. The monoisotopic (exact) mass is 1630 g/mol. The van der Waals surface area contributed by atoms with Crippen LogP contribution in [0.1, 0.15) is 151 Å². The van der Waals surface area contributed by atoms with Gasteiger partial charge in [0.2, 0.25) is 0 Å². The maximum atomic E-state index is 13.5. The third kappa shape index (κ3) is 23.9. The number of carbonyl (C=O) groups is 6. The summed E-state index contributed by atoms with van der Waals surface area (Å²) in [6, 6.07) is 6.58. The highest BCUT2D eigenvalue weighted by Crippen LogP contribution is 2.41. The van der Waals surface area contributed by atoms with E-state index in [0.717, 1.165) is 36.5 Å². The molecule has 4 aromatic carbocycles. The summed E-state index contributed by atoms with van der Waals surface area (Å²) in [5.74, 6) is -4.96. The van der Waals surface area contributed by atoms with Crippen LogP contribution in [0.2, 0.25) is 0 Å². The normalized spacial score (nSPS) is 16.1. The third-order valence-electron chi connectivity index (χ3n) is 17.5. The minimum atomic E-state index is -6.16. The van der Waals surface area contributed by atoms with Crippen molar-refractivity contribution in [3.8, 4) is 34.5 Å². The molecule has 0 radical (unpaired) electrons. The molecule has 115 heavy (non-hydrogen) atoms. The number of aryl methyl sites for hydroxylation is 2. The Morgan fingerprint density at radius 2 is 0.791 bits per heavy atom. The number of rotatable bonds is 32. The number of hydrogen-bond donors (Lipinski definition) is 0. The molecule has 41 heteroatoms. The minimum Gasteiger partial charge on any atom is -0.493 e. The first-order valence-electron chi connectivity index (χ1n) is 34.7. The van der Waals surface area contributed by atoms with Crippen LogP contribution in [0.3, 0.4) is 0 Å². The number of hydrogen-bond acceptors (Lipinski definition) is 29. The van der Waals surface area contributed by atoms with Gasteiger partial charge >= 0.3 is 39.9 Å². The second-order valence-electron chi connectivity index (χ2n) is 25.4. The molecule has 4 unspecified atom stereocenters. The fourth-order valence-corrected chi connectivity index (χ4v) is 12.6. The van der Waals surface area contributed by atoms with E-state index < -0.39 is 123 Å². The van der Waals surface area contributed by atoms with Gasteiger partial charge in [0.05, 0.1) is 98.8 Å². The summed E-state index contributed by atoms with van der Waals surface area (Å²) in [7, 11) is -1.31. The molecule has 0 N–H and O–H groups in total. The number of methoxy groups -OCH3 is 4. The van der Waals surface area contributed by atoms with Gasteiger partial charge in [-0.3, -0.25) is 69.4 Å². The smallest absolute Gasteiger partial charge is 0.493 e. The van der Waals surface area contributed by atoms with E-state index in [2.05, 4.69) is 8.92 Å². The molecule has 4 aliphatic rings. The van der Waals surface area contributed by atoms with E-state index in [1.807, 2.05) is 39.8 Å². The Morgan fingerprint density at radius 3 is 1.14 bits per heavy atom. The largest absolute Gasteiger partial charge is 0.534 e. The fraction of sp³-hybridized carbons (Fsp3) is 0.405. The van der Waals surface area contributed by atoms with Gasteiger partial charge in [-0.2, -0.15) is 40.8 Å². The van der Waals surface area contributed by atoms with Gasteiger partial charge in [0, 0.05) is 61.9 Å². The van der Waals surface area contributed by atoms with Gasteiger partial charge in [0.15, 0.2) is 23.0 Å². The molecule has 0 aromatic heterocycles. The van der Waals surface area contributed by atoms with E-state index in [1.165, 1.54) is 79.5 Å². The molecular formula is C74H81F3N8O29S. The second kappa shape index (κ2) is 42.5. The molecule has 618 valence electrons. The fourth-order valence-electron chi connectivity index (χ4n) is 12.1. The lowest BCUT2D eigenvalue weighted by Crippen LogP contribution is -2.39. The number of carbonyl (C=O) groups excluding carboxylic acids is 10. The van der Waals surface area contributed by atoms with Gasteiger partial charge in [0.25, 0.3) is 46.4 Å². The van der Waals surface area contributed by atoms with Crippen molar-refractivity contribution in [1.82, 2.24) is 19.6 Å². The van der Waals surface area contributed by atoms with Crippen molar-refractivity contribution in [3.63, 3.8) is 0 Å². The highest BCUT2D eigenvalue weighted by atomic mass is 32.2. The maximum Gasteiger partial charge on any atom is 0.534 e. The van der Waals surface area contributed by atoms with Gasteiger partial charge in [-0.1, -0.05) is 29.9 Å². The van der Waals surface area contributed by atoms with Gasteiger partial charge in [-0.25, -0.2) is 9.59 Å². The summed E-state index contributed by atoms with van der Waals surface area (Å²) in [6.07, 6.45) is 16.9. The Balaban J connectivity index is 0.000000385. The van der Waals surface area contributed by atoms with Crippen LogP contribution in [0.25, 0.3) is 0 Å². The van der Waals surface area contributed by atoms with Crippen molar-refractivity contribution >= 4 is 80.7 Å². The Hall–Kier alpha value is -13.2. The number of benzene rings is 4. The summed E-state index contributed by atoms with van der Waals surface area (Å²) in [6.45, 7) is 12.9. The average Bonchev–Trinajstić information content (AvgIpc) is 1.72. The molecule has 0 saturated carbocycles. The van der Waals surface area contributed by atoms with E-state index in [4.69, 9.17) is 52.3 Å². The van der Waals surface area contributed by atoms with Crippen molar-refractivity contribution in [2.75, 3.05) is 54.9 Å². The van der Waals surface area contributed by atoms with Crippen LogP contribution < -0.4 is 28.4 Å². The first-order valence-corrected chi connectivity index (χ1v) is 36.1. The number of nitrogens with zero attached hydrogens (tertiary/aromatic N) is 8. The number of nitro benzene ring substituents is 4. The van der Waals surface area contributed by atoms with E-state index in [1.54, 1.807) is 38.4 Å². The van der Waals surface area contributed by atoms with Crippen LogP contribution in [-0.4, -0.2) is 180 Å². The molecular weight excluding hydrogens is 1550 g/mol. The standard InChI is InChI=1S/C38H44N4O11.C34H37F3N4O14S.2CO2/c1-7-12-26-17-25(4)39(22-26)36(43)29-19-34(50-5)35(21-31(29)42(48)49)53-15-11-9-10-14-52-33-20-30(41(46)47)28(16-24(33)3)37(44)40-23-27(13-8-2)18-32(40)38(45)51-6;1-19-11-21(3)38(17-19)31(42)24-14-29(51-4)30(16-26(24)41(47)48)54-10-8-6-7-9-53-28-15-25(40(45)46)23(12-20(28)2)32(43)39-18-22(13-27(39)33(44)52-5)55-56(49,50)34(35,36)37;2*2-1-3/h7-8,12-13,16,19-23,25,32H,9-11,14-15,17-18H2,1-6H3;12,14-18,21,27H,6-11,13H2,1-5H3;;/b12-7+,13-8+;;;. The predicted molar refractivity (Wildman–Crippen MR) is 392 cm³/mol. The Bertz CT molecular complexity index is 4740. The molecule has 0 bridgehead atoms. The van der Waals surface area contributed by atoms with Crippen molar-refractivity contribution in [2.24, 2.45) is 0 Å². The van der Waals surface area contributed by atoms with Crippen LogP contribution >= 0.6 is 0 Å². The zero-order valence-electron chi connectivity index (χ0n) is 63.9. The topological polar surface area (TPSA) is 473 Å². The Labute approximate surface area is 654 Å². The van der Waals surface area contributed by atoms with Crippen LogP contribution in [0.4, 0.5) is 35.9 Å². The van der Waals surface area contributed by atoms with Crippen molar-refractivity contribution in [3.05, 3.63) is 194 Å². The molecule has 4 amide bonds. The number of halogens is 3. The van der Waals surface area contributed by atoms with Crippen LogP contribution in [0.5, 0.6) is 34.5 Å². The number of alkyl halides is 3. The SMILES string of the molecule is C/C=C/C1=CN(C(=O)c2cc(OC)c(OCCCCCOc3cc([N+](=O)[O-])c(C(=O)N4C=C(/C=C/C)CC4C(=O)OC)cc3C)cc2[N+](=O)[O-])C(C)C1.COC(=O)C1CC(OS(=O)(=O)C(F)(F)F)=CN1C(=O)c1cc(C)c(OCCCCCOc2cc([N+](=O)[O-])c(C(=O)N3C=C(C)CC3C)cc2OC)cc1[N+](=O)[O-].O=C=O.O=C=O. The third-order valence-corrected chi connectivity index (χ3v) is 18.5. The summed E-state index contributed by atoms with van der Waals surface area (Å²) >= 11 is 0. The zero-order chi connectivity index (χ0) is 85.9. The van der Waals surface area contributed by atoms with Crippen LogP contribution in [-0.2, 0) is 52.5 Å². The summed E-state index contributed by atoms with van der Waals surface area (Å²) < 4.78 is 109. The lowest BCUT2D eigenvalue weighted by Gasteiger charge is -2.22. The first kappa shape index (κ1) is 92.4. The molecule has 4 atom stereocenters. The molecule has 4 aliphatic heterocycles. The highest BCUT2D eigenvalue weighted by Gasteiger charge is 2.51.